The van der Waals surface area contributed by atoms with Crippen molar-refractivity contribution in [2.45, 2.75) is 33.1 Å². The zero-order valence-corrected chi connectivity index (χ0v) is 10.4. The van der Waals surface area contributed by atoms with Crippen LogP contribution in [-0.4, -0.2) is 9.97 Å². The highest BCUT2D eigenvalue weighted by Crippen LogP contribution is 2.28. The first-order valence-electron chi connectivity index (χ1n) is 5.54. The highest BCUT2D eigenvalue weighted by atomic mass is 32.1. The molecule has 0 aromatic carbocycles. The van der Waals surface area contributed by atoms with E-state index in [-0.39, 0.29) is 0 Å². The standard InChI is InChI=1S/C11H16N4S/c1-3-5-9-13-10(15-12)8-6-7(4-2)16-11(8)14-9/h6H,3-5,12H2,1-2H3,(H,13,14,15). The lowest BCUT2D eigenvalue weighted by atomic mass is 10.3. The van der Waals surface area contributed by atoms with Gasteiger partial charge in [-0.1, -0.05) is 13.8 Å². The fourth-order valence-corrected chi connectivity index (χ4v) is 2.62. The number of aryl methyl sites for hydroxylation is 2. The van der Waals surface area contributed by atoms with Crippen molar-refractivity contribution in [2.75, 3.05) is 5.43 Å². The summed E-state index contributed by atoms with van der Waals surface area (Å²) in [4.78, 5) is 11.3. The normalized spacial score (nSPS) is 10.9. The second-order valence-electron chi connectivity index (χ2n) is 3.67. The number of anilines is 1. The Labute approximate surface area is 98.9 Å². The third-order valence-corrected chi connectivity index (χ3v) is 3.62. The number of nitrogen functional groups attached to an aromatic ring is 1. The van der Waals surface area contributed by atoms with Crippen molar-refractivity contribution < 1.29 is 0 Å². The maximum absolute atomic E-state index is 5.50. The molecular formula is C11H16N4S. The van der Waals surface area contributed by atoms with E-state index in [1.165, 1.54) is 4.88 Å². The summed E-state index contributed by atoms with van der Waals surface area (Å²) in [5.41, 5.74) is 2.66. The molecule has 0 bridgehead atoms. The van der Waals surface area contributed by atoms with Crippen LogP contribution < -0.4 is 11.3 Å². The van der Waals surface area contributed by atoms with E-state index in [2.05, 4.69) is 35.3 Å². The van der Waals surface area contributed by atoms with Crippen molar-refractivity contribution in [1.29, 1.82) is 0 Å². The molecule has 0 spiro atoms. The third kappa shape index (κ3) is 2.01. The van der Waals surface area contributed by atoms with Crippen molar-refractivity contribution in [2.24, 2.45) is 5.84 Å². The summed E-state index contributed by atoms with van der Waals surface area (Å²) in [6, 6.07) is 2.12. The zero-order valence-electron chi connectivity index (χ0n) is 9.58. The van der Waals surface area contributed by atoms with Crippen LogP contribution in [0, 0.1) is 0 Å². The average Bonchev–Trinajstić information content (AvgIpc) is 2.71. The zero-order chi connectivity index (χ0) is 11.5. The molecule has 16 heavy (non-hydrogen) atoms. The molecular weight excluding hydrogens is 220 g/mol. The van der Waals surface area contributed by atoms with Crippen LogP contribution in [0.25, 0.3) is 10.2 Å². The van der Waals surface area contributed by atoms with Crippen LogP contribution in [0.2, 0.25) is 0 Å². The summed E-state index contributed by atoms with van der Waals surface area (Å²) in [6.07, 6.45) is 2.96. The molecule has 0 radical (unpaired) electrons. The topological polar surface area (TPSA) is 63.8 Å². The first-order chi connectivity index (χ1) is 7.78. The molecule has 2 aromatic heterocycles. The van der Waals surface area contributed by atoms with E-state index in [1.54, 1.807) is 11.3 Å². The number of thiophene rings is 1. The molecule has 0 atom stereocenters. The lowest BCUT2D eigenvalue weighted by Gasteiger charge is -2.03. The van der Waals surface area contributed by atoms with Crippen LogP contribution in [-0.2, 0) is 12.8 Å². The predicted octanol–water partition coefficient (Wildman–Crippen LogP) is 2.49. The van der Waals surface area contributed by atoms with E-state index >= 15 is 0 Å². The minimum Gasteiger partial charge on any atom is -0.308 e. The molecule has 4 nitrogen and oxygen atoms in total. The van der Waals surface area contributed by atoms with Crippen molar-refractivity contribution in [3.05, 3.63) is 16.8 Å². The highest BCUT2D eigenvalue weighted by molar-refractivity contribution is 7.18. The van der Waals surface area contributed by atoms with Gasteiger partial charge in [-0.3, -0.25) is 0 Å². The molecule has 0 unspecified atom stereocenters. The van der Waals surface area contributed by atoms with E-state index in [1.807, 2.05) is 0 Å². The molecule has 0 saturated heterocycles. The largest absolute Gasteiger partial charge is 0.308 e. The van der Waals surface area contributed by atoms with Crippen molar-refractivity contribution >= 4 is 27.4 Å². The van der Waals surface area contributed by atoms with Gasteiger partial charge in [0.2, 0.25) is 0 Å². The van der Waals surface area contributed by atoms with Crippen LogP contribution in [0.4, 0.5) is 5.82 Å². The third-order valence-electron chi connectivity index (χ3n) is 2.45. The van der Waals surface area contributed by atoms with Gasteiger partial charge in [0.05, 0.1) is 5.39 Å². The second-order valence-corrected chi connectivity index (χ2v) is 4.78. The number of nitrogens with one attached hydrogen (secondary N) is 1. The first-order valence-corrected chi connectivity index (χ1v) is 6.36. The molecule has 86 valence electrons. The molecule has 3 N–H and O–H groups in total. The van der Waals surface area contributed by atoms with Gasteiger partial charge in [0.25, 0.3) is 0 Å². The molecule has 0 saturated carbocycles. The van der Waals surface area contributed by atoms with Gasteiger partial charge in [0.15, 0.2) is 5.82 Å². The Morgan fingerprint density at radius 1 is 1.38 bits per heavy atom. The number of rotatable bonds is 4. The number of hydrazine groups is 1. The van der Waals surface area contributed by atoms with Crippen LogP contribution >= 0.6 is 11.3 Å². The fraction of sp³-hybridized carbons (Fsp3) is 0.455. The molecule has 0 aliphatic rings. The molecule has 2 aromatic rings. The number of nitrogens with two attached hydrogens (primary N) is 1. The molecule has 5 heteroatoms. The van der Waals surface area contributed by atoms with E-state index in [4.69, 9.17) is 5.84 Å². The van der Waals surface area contributed by atoms with Gasteiger partial charge < -0.3 is 5.43 Å². The summed E-state index contributed by atoms with van der Waals surface area (Å²) >= 11 is 1.72. The van der Waals surface area contributed by atoms with E-state index < -0.39 is 0 Å². The molecule has 0 aliphatic heterocycles. The lowest BCUT2D eigenvalue weighted by Crippen LogP contribution is -2.10. The highest BCUT2D eigenvalue weighted by Gasteiger charge is 2.09. The minimum atomic E-state index is 0.740. The van der Waals surface area contributed by atoms with E-state index in [0.717, 1.165) is 41.1 Å². The van der Waals surface area contributed by atoms with Crippen LogP contribution in [0.5, 0.6) is 0 Å². The summed E-state index contributed by atoms with van der Waals surface area (Å²) in [5, 5.41) is 1.03. The van der Waals surface area contributed by atoms with E-state index in [0.29, 0.717) is 0 Å². The van der Waals surface area contributed by atoms with Gasteiger partial charge in [-0.15, -0.1) is 11.3 Å². The van der Waals surface area contributed by atoms with Crippen molar-refractivity contribution in [3.8, 4) is 0 Å². The SMILES string of the molecule is CCCc1nc(NN)c2cc(CC)sc2n1. The molecule has 0 amide bonds. The predicted molar refractivity (Wildman–Crippen MR) is 68.6 cm³/mol. The number of hydrogen-bond donors (Lipinski definition) is 2. The van der Waals surface area contributed by atoms with Gasteiger partial charge in [-0.05, 0) is 18.9 Å². The lowest BCUT2D eigenvalue weighted by molar-refractivity contribution is 0.846. The van der Waals surface area contributed by atoms with Crippen LogP contribution in [0.1, 0.15) is 31.0 Å². The summed E-state index contributed by atoms with van der Waals surface area (Å²) in [7, 11) is 0. The monoisotopic (exact) mass is 236 g/mol. The Balaban J connectivity index is 2.56. The van der Waals surface area contributed by atoms with Crippen molar-refractivity contribution in [1.82, 2.24) is 9.97 Å². The van der Waals surface area contributed by atoms with Gasteiger partial charge in [0.1, 0.15) is 10.7 Å². The summed E-state index contributed by atoms with van der Waals surface area (Å²) in [6.45, 7) is 4.26. The van der Waals surface area contributed by atoms with Crippen LogP contribution in [0.15, 0.2) is 6.07 Å². The Morgan fingerprint density at radius 2 is 2.19 bits per heavy atom. The quantitative estimate of drug-likeness (QED) is 0.632. The Bertz CT molecular complexity index is 492. The summed E-state index contributed by atoms with van der Waals surface area (Å²) in [5.74, 6) is 7.10. The molecule has 2 rings (SSSR count). The average molecular weight is 236 g/mol. The van der Waals surface area contributed by atoms with Crippen LogP contribution in [0.3, 0.4) is 0 Å². The maximum Gasteiger partial charge on any atom is 0.152 e. The Kier molecular flexibility index (Phi) is 3.36. The van der Waals surface area contributed by atoms with Gasteiger partial charge >= 0.3 is 0 Å². The number of aromatic nitrogens is 2. The van der Waals surface area contributed by atoms with Crippen molar-refractivity contribution in [3.63, 3.8) is 0 Å². The Hall–Kier alpha value is -1.20. The molecule has 0 aliphatic carbocycles. The minimum absolute atomic E-state index is 0.740. The number of nitrogens with zero attached hydrogens (tertiary/aromatic N) is 2. The number of fused-ring (bicyclic) bond motifs is 1. The van der Waals surface area contributed by atoms with E-state index in [9.17, 15) is 0 Å². The summed E-state index contributed by atoms with van der Waals surface area (Å²) < 4.78 is 0. The Morgan fingerprint density at radius 3 is 2.81 bits per heavy atom. The second kappa shape index (κ2) is 4.76. The van der Waals surface area contributed by atoms with Gasteiger partial charge in [-0.25, -0.2) is 15.8 Å². The molecule has 2 heterocycles. The maximum atomic E-state index is 5.50. The first kappa shape index (κ1) is 11.3. The number of hydrogen-bond acceptors (Lipinski definition) is 5. The smallest absolute Gasteiger partial charge is 0.152 e. The van der Waals surface area contributed by atoms with Gasteiger partial charge in [0, 0.05) is 11.3 Å². The fourth-order valence-electron chi connectivity index (χ4n) is 1.64. The molecule has 0 fully saturated rings. The van der Waals surface area contributed by atoms with Gasteiger partial charge in [-0.2, -0.15) is 0 Å².